The molecule has 23 heavy (non-hydrogen) atoms. The van der Waals surface area contributed by atoms with Crippen molar-refractivity contribution in [3.05, 3.63) is 52.5 Å². The van der Waals surface area contributed by atoms with Crippen LogP contribution in [0.15, 0.2) is 41.9 Å². The molecule has 1 amide bonds. The minimum atomic E-state index is 0.248. The van der Waals surface area contributed by atoms with E-state index in [1.807, 2.05) is 18.3 Å². The zero-order valence-corrected chi connectivity index (χ0v) is 13.8. The Labute approximate surface area is 140 Å². The molecule has 3 heterocycles. The summed E-state index contributed by atoms with van der Waals surface area (Å²) in [5.74, 6) is 1.62. The third-order valence-electron chi connectivity index (χ3n) is 4.93. The van der Waals surface area contributed by atoms with Crippen molar-refractivity contribution in [2.24, 2.45) is 17.8 Å². The number of carbonyl (C=O) groups is 1. The third-order valence-corrected chi connectivity index (χ3v) is 5.87. The van der Waals surface area contributed by atoms with Crippen LogP contribution in [0.2, 0.25) is 0 Å². The van der Waals surface area contributed by atoms with Crippen LogP contribution >= 0.6 is 11.3 Å². The zero-order chi connectivity index (χ0) is 15.6. The second-order valence-electron chi connectivity index (χ2n) is 6.49. The number of carbonyl (C=O) groups excluding carboxylic acids is 1. The number of nitrogens with zero attached hydrogens (tertiary/aromatic N) is 2. The molecule has 0 spiro atoms. The smallest absolute Gasteiger partial charge is 0.223 e. The maximum atomic E-state index is 12.3. The van der Waals surface area contributed by atoms with Gasteiger partial charge in [-0.1, -0.05) is 12.1 Å². The minimum Gasteiger partial charge on any atom is -0.355 e. The van der Waals surface area contributed by atoms with Gasteiger partial charge in [-0.05, 0) is 41.8 Å². The molecule has 2 aromatic heterocycles. The largest absolute Gasteiger partial charge is 0.355 e. The lowest BCUT2D eigenvalue weighted by atomic mass is 10.2. The second kappa shape index (κ2) is 6.42. The van der Waals surface area contributed by atoms with E-state index in [-0.39, 0.29) is 11.8 Å². The van der Waals surface area contributed by atoms with Crippen LogP contribution in [0.5, 0.6) is 0 Å². The third kappa shape index (κ3) is 3.31. The molecule has 5 heteroatoms. The summed E-state index contributed by atoms with van der Waals surface area (Å²) in [6.45, 7) is 3.72. The molecule has 1 saturated carbocycles. The standard InChI is InChI=1S/C18H21N3OS/c22-18(20-8-6-14-5-3-9-23-14)17-15-11-21(12-16(15)17)10-13-4-1-2-7-19-13/h1-5,7,9,15-17H,6,8,10-12H2,(H,20,22)/t15-,16+,17?. The molecule has 2 aliphatic rings. The Bertz CT molecular complexity index is 646. The van der Waals surface area contributed by atoms with Gasteiger partial charge >= 0.3 is 0 Å². The van der Waals surface area contributed by atoms with E-state index in [4.69, 9.17) is 0 Å². The van der Waals surface area contributed by atoms with Crippen molar-refractivity contribution < 1.29 is 4.79 Å². The summed E-state index contributed by atoms with van der Waals surface area (Å²) in [5, 5.41) is 5.19. The average molecular weight is 327 g/mol. The molecule has 1 N–H and O–H groups in total. The molecule has 2 aromatic rings. The summed E-state index contributed by atoms with van der Waals surface area (Å²) in [7, 11) is 0. The Balaban J connectivity index is 1.20. The fourth-order valence-electron chi connectivity index (χ4n) is 3.73. The first-order chi connectivity index (χ1) is 11.3. The summed E-state index contributed by atoms with van der Waals surface area (Å²) in [5.41, 5.74) is 1.12. The Morgan fingerprint density at radius 3 is 2.83 bits per heavy atom. The van der Waals surface area contributed by atoms with Gasteiger partial charge in [-0.2, -0.15) is 0 Å². The monoisotopic (exact) mass is 327 g/mol. The van der Waals surface area contributed by atoms with Crippen molar-refractivity contribution in [1.82, 2.24) is 15.2 Å². The van der Waals surface area contributed by atoms with E-state index in [0.29, 0.717) is 11.8 Å². The van der Waals surface area contributed by atoms with Crippen molar-refractivity contribution in [3.63, 3.8) is 0 Å². The average Bonchev–Trinajstić information content (AvgIpc) is 2.95. The van der Waals surface area contributed by atoms with Crippen molar-refractivity contribution >= 4 is 17.2 Å². The molecule has 120 valence electrons. The van der Waals surface area contributed by atoms with Crippen LogP contribution in [0.4, 0.5) is 0 Å². The van der Waals surface area contributed by atoms with Crippen LogP contribution in [0.3, 0.4) is 0 Å². The van der Waals surface area contributed by atoms with Gasteiger partial charge in [0.25, 0.3) is 0 Å². The molecule has 0 bridgehead atoms. The van der Waals surface area contributed by atoms with E-state index in [1.165, 1.54) is 4.88 Å². The maximum absolute atomic E-state index is 12.3. The molecule has 2 fully saturated rings. The lowest BCUT2D eigenvalue weighted by Crippen LogP contribution is -2.32. The molecule has 0 aromatic carbocycles. The van der Waals surface area contributed by atoms with Crippen molar-refractivity contribution in [3.8, 4) is 0 Å². The molecule has 1 aliphatic heterocycles. The first-order valence-corrected chi connectivity index (χ1v) is 9.11. The van der Waals surface area contributed by atoms with Crippen LogP contribution in [0, 0.1) is 17.8 Å². The predicted octanol–water partition coefficient (Wildman–Crippen LogP) is 2.18. The van der Waals surface area contributed by atoms with E-state index in [0.717, 1.165) is 38.3 Å². The number of amides is 1. The topological polar surface area (TPSA) is 45.2 Å². The maximum Gasteiger partial charge on any atom is 0.223 e. The Morgan fingerprint density at radius 1 is 1.26 bits per heavy atom. The first kappa shape index (κ1) is 14.8. The fraction of sp³-hybridized carbons (Fsp3) is 0.444. The lowest BCUT2D eigenvalue weighted by molar-refractivity contribution is -0.123. The van der Waals surface area contributed by atoms with E-state index in [2.05, 4.69) is 38.8 Å². The number of thiophene rings is 1. The van der Waals surface area contributed by atoms with Crippen LogP contribution in [-0.2, 0) is 17.8 Å². The number of rotatable bonds is 6. The summed E-state index contributed by atoms with van der Waals surface area (Å²) in [4.78, 5) is 20.4. The molecule has 1 aliphatic carbocycles. The summed E-state index contributed by atoms with van der Waals surface area (Å²) in [6.07, 6.45) is 2.78. The second-order valence-corrected chi connectivity index (χ2v) is 7.52. The first-order valence-electron chi connectivity index (χ1n) is 8.23. The van der Waals surface area contributed by atoms with Crippen LogP contribution in [0.1, 0.15) is 10.6 Å². The van der Waals surface area contributed by atoms with Crippen LogP contribution < -0.4 is 5.32 Å². The van der Waals surface area contributed by atoms with Gasteiger partial charge in [0.05, 0.1) is 5.69 Å². The van der Waals surface area contributed by atoms with Gasteiger partial charge in [0.1, 0.15) is 0 Å². The van der Waals surface area contributed by atoms with E-state index in [9.17, 15) is 4.79 Å². The summed E-state index contributed by atoms with van der Waals surface area (Å²) >= 11 is 1.75. The number of nitrogens with one attached hydrogen (secondary N) is 1. The van der Waals surface area contributed by atoms with Gasteiger partial charge in [-0.3, -0.25) is 14.7 Å². The summed E-state index contributed by atoms with van der Waals surface area (Å²) in [6, 6.07) is 10.2. The van der Waals surface area contributed by atoms with Gasteiger partial charge in [0.2, 0.25) is 5.91 Å². The molecule has 4 rings (SSSR count). The minimum absolute atomic E-state index is 0.248. The number of piperidine rings is 1. The highest BCUT2D eigenvalue weighted by Crippen LogP contribution is 2.51. The zero-order valence-electron chi connectivity index (χ0n) is 13.0. The Kier molecular flexibility index (Phi) is 4.14. The van der Waals surface area contributed by atoms with Gasteiger partial charge in [-0.25, -0.2) is 0 Å². The number of hydrogen-bond acceptors (Lipinski definition) is 4. The SMILES string of the molecule is O=C(NCCc1cccs1)C1[C@H]2CN(Cc3ccccn3)C[C@@H]12. The number of likely N-dealkylation sites (tertiary alicyclic amines) is 1. The van der Waals surface area contributed by atoms with Gasteiger partial charge < -0.3 is 5.32 Å². The van der Waals surface area contributed by atoms with E-state index < -0.39 is 0 Å². The van der Waals surface area contributed by atoms with Crippen LogP contribution in [-0.4, -0.2) is 35.4 Å². The predicted molar refractivity (Wildman–Crippen MR) is 91.0 cm³/mol. The van der Waals surface area contributed by atoms with Crippen molar-refractivity contribution in [2.75, 3.05) is 19.6 Å². The molecule has 4 nitrogen and oxygen atoms in total. The van der Waals surface area contributed by atoms with Crippen molar-refractivity contribution in [2.45, 2.75) is 13.0 Å². The molecule has 3 atom stereocenters. The Hall–Kier alpha value is -1.72. The van der Waals surface area contributed by atoms with Crippen LogP contribution in [0.25, 0.3) is 0 Å². The number of fused-ring (bicyclic) bond motifs is 1. The number of aromatic nitrogens is 1. The normalized spacial score (nSPS) is 26.0. The number of hydrogen-bond donors (Lipinski definition) is 1. The summed E-state index contributed by atoms with van der Waals surface area (Å²) < 4.78 is 0. The molecule has 0 radical (unpaired) electrons. The highest BCUT2D eigenvalue weighted by molar-refractivity contribution is 7.09. The van der Waals surface area contributed by atoms with Gasteiger partial charge in [-0.15, -0.1) is 11.3 Å². The van der Waals surface area contributed by atoms with Gasteiger partial charge in [0.15, 0.2) is 0 Å². The fourth-order valence-corrected chi connectivity index (χ4v) is 4.44. The highest BCUT2D eigenvalue weighted by atomic mass is 32.1. The molecule has 1 unspecified atom stereocenters. The highest BCUT2D eigenvalue weighted by Gasteiger charge is 2.58. The number of pyridine rings is 1. The molecular formula is C18H21N3OS. The molecular weight excluding hydrogens is 306 g/mol. The Morgan fingerprint density at radius 2 is 2.13 bits per heavy atom. The van der Waals surface area contributed by atoms with Crippen molar-refractivity contribution in [1.29, 1.82) is 0 Å². The van der Waals surface area contributed by atoms with Gasteiger partial charge in [0, 0.05) is 43.2 Å². The molecule has 1 saturated heterocycles. The van der Waals surface area contributed by atoms with E-state index in [1.54, 1.807) is 11.3 Å². The quantitative estimate of drug-likeness (QED) is 0.884. The lowest BCUT2D eigenvalue weighted by Gasteiger charge is -2.18. The van der Waals surface area contributed by atoms with E-state index >= 15 is 0 Å².